The van der Waals surface area contributed by atoms with E-state index in [4.69, 9.17) is 0 Å². The lowest BCUT2D eigenvalue weighted by Gasteiger charge is -2.01. The molecule has 8 heavy (non-hydrogen) atoms. The number of carbonyl (C=O) groups is 1. The summed E-state index contributed by atoms with van der Waals surface area (Å²) in [5, 5.41) is 0.0579. The van der Waals surface area contributed by atoms with Gasteiger partial charge in [-0.25, -0.2) is 4.79 Å². The van der Waals surface area contributed by atoms with E-state index in [1.807, 2.05) is 6.92 Å². The van der Waals surface area contributed by atoms with Gasteiger partial charge in [0.25, 0.3) is 0 Å². The summed E-state index contributed by atoms with van der Waals surface area (Å²) in [5.41, 5.74) is 4.65. The summed E-state index contributed by atoms with van der Waals surface area (Å²) in [6.45, 7) is 2.09. The van der Waals surface area contributed by atoms with Gasteiger partial charge in [0.1, 0.15) is 6.61 Å². The minimum Gasteiger partial charge on any atom is -0.449 e. The molecule has 0 aliphatic rings. The molecular formula is C4H9NO2S. The minimum atomic E-state index is -0.745. The molecule has 4 heteroatoms. The third kappa shape index (κ3) is 5.62. The summed E-state index contributed by atoms with van der Waals surface area (Å²) in [4.78, 5) is 9.87. The number of carbonyl (C=O) groups excluding carboxylic acids is 1. The number of nitrogens with two attached hydrogens (primary N) is 1. The number of primary amides is 1. The van der Waals surface area contributed by atoms with Crippen molar-refractivity contribution < 1.29 is 9.53 Å². The molecule has 0 saturated heterocycles. The molecule has 0 radical (unpaired) electrons. The molecule has 0 aromatic heterocycles. The monoisotopic (exact) mass is 135 g/mol. The highest BCUT2D eigenvalue weighted by Gasteiger charge is 1.96. The maximum absolute atomic E-state index is 9.87. The van der Waals surface area contributed by atoms with Crippen molar-refractivity contribution in [2.45, 2.75) is 12.2 Å². The van der Waals surface area contributed by atoms with E-state index >= 15 is 0 Å². The zero-order valence-corrected chi connectivity index (χ0v) is 5.52. The average molecular weight is 135 g/mol. The smallest absolute Gasteiger partial charge is 0.404 e. The number of amides is 1. The van der Waals surface area contributed by atoms with Gasteiger partial charge in [-0.15, -0.1) is 0 Å². The average Bonchev–Trinajstić information content (AvgIpc) is 1.61. The first-order valence-corrected chi connectivity index (χ1v) is 2.75. The lowest BCUT2D eigenvalue weighted by Crippen LogP contribution is -2.17. The number of hydrogen-bond donors (Lipinski definition) is 2. The third-order valence-electron chi connectivity index (χ3n) is 0.467. The van der Waals surface area contributed by atoms with Crippen LogP contribution < -0.4 is 5.73 Å². The molecule has 0 aromatic carbocycles. The van der Waals surface area contributed by atoms with Crippen LogP contribution in [0.2, 0.25) is 0 Å². The second-order valence-corrected chi connectivity index (χ2v) is 2.36. The predicted molar refractivity (Wildman–Crippen MR) is 34.0 cm³/mol. The molecule has 0 saturated carbocycles. The molecule has 0 fully saturated rings. The largest absolute Gasteiger partial charge is 0.449 e. The van der Waals surface area contributed by atoms with Gasteiger partial charge in [-0.05, 0) is 0 Å². The molecule has 0 bridgehead atoms. The van der Waals surface area contributed by atoms with Crippen molar-refractivity contribution in [3.63, 3.8) is 0 Å². The maximum atomic E-state index is 9.87. The van der Waals surface area contributed by atoms with Crippen LogP contribution in [0.25, 0.3) is 0 Å². The molecule has 3 nitrogen and oxygen atoms in total. The van der Waals surface area contributed by atoms with Crippen LogP contribution >= 0.6 is 12.6 Å². The molecule has 1 amide bonds. The first kappa shape index (κ1) is 7.62. The molecule has 0 aliphatic carbocycles. The molecule has 1 unspecified atom stereocenters. The SMILES string of the molecule is CC(S)COC(N)=O. The zero-order valence-electron chi connectivity index (χ0n) is 4.63. The van der Waals surface area contributed by atoms with Gasteiger partial charge < -0.3 is 10.5 Å². The predicted octanol–water partition coefficient (Wildman–Crippen LogP) is 0.400. The highest BCUT2D eigenvalue weighted by molar-refractivity contribution is 7.80. The summed E-state index contributed by atoms with van der Waals surface area (Å²) in [7, 11) is 0. The summed E-state index contributed by atoms with van der Waals surface area (Å²) < 4.78 is 4.37. The van der Waals surface area contributed by atoms with Crippen molar-refractivity contribution in [1.29, 1.82) is 0 Å². The van der Waals surface area contributed by atoms with Gasteiger partial charge in [-0.3, -0.25) is 0 Å². The number of hydrogen-bond acceptors (Lipinski definition) is 3. The van der Waals surface area contributed by atoms with E-state index < -0.39 is 6.09 Å². The fourth-order valence-electron chi connectivity index (χ4n) is 0.203. The van der Waals surface area contributed by atoms with Gasteiger partial charge in [0.15, 0.2) is 0 Å². The van der Waals surface area contributed by atoms with Crippen LogP contribution in [0.15, 0.2) is 0 Å². The highest BCUT2D eigenvalue weighted by Crippen LogP contribution is 1.91. The standard InChI is InChI=1S/C4H9NO2S/c1-3(8)2-7-4(5)6/h3,8H,2H2,1H3,(H2,5,6). The summed E-state index contributed by atoms with van der Waals surface area (Å²) in [6, 6.07) is 0. The molecule has 1 atom stereocenters. The molecule has 0 spiro atoms. The fourth-order valence-corrected chi connectivity index (χ4v) is 0.277. The van der Waals surface area contributed by atoms with E-state index in [1.165, 1.54) is 0 Å². The van der Waals surface area contributed by atoms with Crippen LogP contribution in [0.1, 0.15) is 6.92 Å². The summed E-state index contributed by atoms with van der Waals surface area (Å²) in [5.74, 6) is 0. The Morgan fingerprint density at radius 3 is 2.62 bits per heavy atom. The van der Waals surface area contributed by atoms with E-state index in [1.54, 1.807) is 0 Å². The van der Waals surface area contributed by atoms with E-state index in [9.17, 15) is 4.79 Å². The fraction of sp³-hybridized carbons (Fsp3) is 0.750. The summed E-state index contributed by atoms with van der Waals surface area (Å²) >= 11 is 3.94. The Kier molecular flexibility index (Phi) is 3.43. The third-order valence-corrected chi connectivity index (χ3v) is 0.616. The molecule has 48 valence electrons. The second kappa shape index (κ2) is 3.60. The highest BCUT2D eigenvalue weighted by atomic mass is 32.1. The molecular weight excluding hydrogens is 126 g/mol. The minimum absolute atomic E-state index is 0.0579. The van der Waals surface area contributed by atoms with E-state index in [0.29, 0.717) is 0 Å². The summed E-state index contributed by atoms with van der Waals surface area (Å²) in [6.07, 6.45) is -0.745. The Labute approximate surface area is 53.6 Å². The molecule has 2 N–H and O–H groups in total. The Hall–Kier alpha value is -0.380. The van der Waals surface area contributed by atoms with E-state index in [2.05, 4.69) is 23.1 Å². The van der Waals surface area contributed by atoms with Crippen molar-refractivity contribution in [1.82, 2.24) is 0 Å². The van der Waals surface area contributed by atoms with Crippen LogP contribution in [0.4, 0.5) is 4.79 Å². The molecule has 0 aromatic rings. The van der Waals surface area contributed by atoms with E-state index in [-0.39, 0.29) is 11.9 Å². The van der Waals surface area contributed by atoms with Gasteiger partial charge in [-0.2, -0.15) is 12.6 Å². The van der Waals surface area contributed by atoms with Gasteiger partial charge in [0, 0.05) is 5.25 Å². The topological polar surface area (TPSA) is 52.3 Å². The van der Waals surface area contributed by atoms with Crippen LogP contribution in [0.5, 0.6) is 0 Å². The van der Waals surface area contributed by atoms with Gasteiger partial charge in [0.2, 0.25) is 0 Å². The molecule has 0 rings (SSSR count). The maximum Gasteiger partial charge on any atom is 0.404 e. The van der Waals surface area contributed by atoms with Crippen molar-refractivity contribution in [2.75, 3.05) is 6.61 Å². The molecule has 0 aliphatic heterocycles. The van der Waals surface area contributed by atoms with Crippen molar-refractivity contribution in [3.8, 4) is 0 Å². The molecule has 0 heterocycles. The normalized spacial score (nSPS) is 12.8. The second-order valence-electron chi connectivity index (χ2n) is 1.48. The van der Waals surface area contributed by atoms with Gasteiger partial charge >= 0.3 is 6.09 Å². The lowest BCUT2D eigenvalue weighted by atomic mass is 10.5. The first-order valence-electron chi connectivity index (χ1n) is 2.23. The van der Waals surface area contributed by atoms with E-state index in [0.717, 1.165) is 0 Å². The van der Waals surface area contributed by atoms with Crippen LogP contribution in [0, 0.1) is 0 Å². The van der Waals surface area contributed by atoms with Crippen molar-refractivity contribution in [3.05, 3.63) is 0 Å². The first-order chi connectivity index (χ1) is 3.63. The van der Waals surface area contributed by atoms with Crippen LogP contribution in [0.3, 0.4) is 0 Å². The van der Waals surface area contributed by atoms with Crippen molar-refractivity contribution in [2.24, 2.45) is 5.73 Å². The van der Waals surface area contributed by atoms with Crippen molar-refractivity contribution >= 4 is 18.7 Å². The van der Waals surface area contributed by atoms with Crippen LogP contribution in [-0.2, 0) is 4.74 Å². The van der Waals surface area contributed by atoms with Gasteiger partial charge in [0.05, 0.1) is 0 Å². The Balaban J connectivity index is 3.05. The lowest BCUT2D eigenvalue weighted by molar-refractivity contribution is 0.158. The van der Waals surface area contributed by atoms with Gasteiger partial charge in [-0.1, -0.05) is 6.92 Å². The Bertz CT molecular complexity index is 84.1. The number of thiol groups is 1. The Morgan fingerprint density at radius 2 is 2.50 bits per heavy atom. The Morgan fingerprint density at radius 1 is 2.00 bits per heavy atom. The number of ether oxygens (including phenoxy) is 1. The quantitative estimate of drug-likeness (QED) is 0.538. The number of rotatable bonds is 2. The van der Waals surface area contributed by atoms with Crippen LogP contribution in [-0.4, -0.2) is 18.0 Å². The zero-order chi connectivity index (χ0) is 6.57.